The number of anilines is 1. The van der Waals surface area contributed by atoms with Gasteiger partial charge in [0.05, 0.1) is 10.2 Å². The molecular weight excluding hydrogens is 268 g/mol. The molecule has 0 saturated carbocycles. The van der Waals surface area contributed by atoms with Crippen molar-refractivity contribution < 1.29 is 5.11 Å². The van der Waals surface area contributed by atoms with E-state index in [2.05, 4.69) is 19.9 Å². The zero-order chi connectivity index (χ0) is 14.3. The number of hydrogen-bond donors (Lipinski definition) is 2. The zero-order valence-electron chi connectivity index (χ0n) is 11.4. The molecule has 20 heavy (non-hydrogen) atoms. The van der Waals surface area contributed by atoms with Crippen LogP contribution in [0, 0.1) is 0 Å². The Morgan fingerprint density at radius 2 is 1.90 bits per heavy atom. The van der Waals surface area contributed by atoms with E-state index in [1.54, 1.807) is 23.5 Å². The fourth-order valence-corrected chi connectivity index (χ4v) is 3.39. The summed E-state index contributed by atoms with van der Waals surface area (Å²) in [6, 6.07) is 13.2. The monoisotopic (exact) mass is 284 g/mol. The minimum atomic E-state index is -0.386. The first-order valence-electron chi connectivity index (χ1n) is 6.43. The number of aromatic hydroxyl groups is 1. The molecule has 0 atom stereocenters. The van der Waals surface area contributed by atoms with Crippen molar-refractivity contribution in [2.24, 2.45) is 0 Å². The van der Waals surface area contributed by atoms with Crippen molar-refractivity contribution >= 4 is 27.2 Å². The molecule has 3 rings (SSSR count). The molecule has 3 nitrogen and oxygen atoms in total. The Bertz CT molecular complexity index is 744. The van der Waals surface area contributed by atoms with Crippen molar-refractivity contribution in [1.82, 2.24) is 4.98 Å². The van der Waals surface area contributed by atoms with Crippen LogP contribution in [0.1, 0.15) is 24.4 Å². The second-order valence-electron chi connectivity index (χ2n) is 5.39. The van der Waals surface area contributed by atoms with Gasteiger partial charge >= 0.3 is 0 Å². The molecule has 0 amide bonds. The van der Waals surface area contributed by atoms with Gasteiger partial charge in [-0.1, -0.05) is 12.1 Å². The maximum absolute atomic E-state index is 10.1. The van der Waals surface area contributed by atoms with Crippen LogP contribution in [0.15, 0.2) is 42.5 Å². The molecule has 1 aromatic heterocycles. The molecule has 3 N–H and O–H groups in total. The summed E-state index contributed by atoms with van der Waals surface area (Å²) in [5.74, 6) is 0.253. The smallest absolute Gasteiger partial charge is 0.119 e. The minimum Gasteiger partial charge on any atom is -0.508 e. The highest BCUT2D eigenvalue weighted by Gasteiger charge is 2.29. The van der Waals surface area contributed by atoms with Gasteiger partial charge in [0.25, 0.3) is 0 Å². The average Bonchev–Trinajstić information content (AvgIpc) is 2.86. The number of rotatable bonds is 2. The summed E-state index contributed by atoms with van der Waals surface area (Å²) in [6.45, 7) is 4.11. The first kappa shape index (κ1) is 12.9. The molecule has 0 saturated heterocycles. The quantitative estimate of drug-likeness (QED) is 0.554. The second kappa shape index (κ2) is 4.49. The van der Waals surface area contributed by atoms with Crippen LogP contribution in [0.5, 0.6) is 5.75 Å². The number of fused-ring (bicyclic) bond motifs is 1. The van der Waals surface area contributed by atoms with E-state index in [9.17, 15) is 5.11 Å². The van der Waals surface area contributed by atoms with Crippen molar-refractivity contribution in [2.75, 3.05) is 5.73 Å². The lowest BCUT2D eigenvalue weighted by Gasteiger charge is -2.24. The molecule has 0 unspecified atom stereocenters. The molecule has 0 bridgehead atoms. The lowest BCUT2D eigenvalue weighted by atomic mass is 9.84. The first-order chi connectivity index (χ1) is 9.48. The van der Waals surface area contributed by atoms with E-state index in [1.165, 1.54) is 0 Å². The SMILES string of the molecule is CC(C)(c1nc2ccccc2s1)c1cc(N)ccc1O. The third-order valence-corrected chi connectivity index (χ3v) is 4.88. The predicted molar refractivity (Wildman–Crippen MR) is 84.3 cm³/mol. The third kappa shape index (κ3) is 2.02. The number of phenols is 1. The van der Waals surface area contributed by atoms with Crippen LogP contribution in [0.4, 0.5) is 5.69 Å². The molecule has 0 spiro atoms. The molecule has 0 aliphatic carbocycles. The Balaban J connectivity index is 2.17. The lowest BCUT2D eigenvalue weighted by molar-refractivity contribution is 0.453. The van der Waals surface area contributed by atoms with E-state index in [0.717, 1.165) is 20.8 Å². The highest BCUT2D eigenvalue weighted by atomic mass is 32.1. The molecule has 0 aliphatic heterocycles. The maximum Gasteiger partial charge on any atom is 0.119 e. The van der Waals surface area contributed by atoms with Gasteiger partial charge in [-0.3, -0.25) is 0 Å². The van der Waals surface area contributed by atoms with Gasteiger partial charge in [0.15, 0.2) is 0 Å². The van der Waals surface area contributed by atoms with Crippen molar-refractivity contribution in [3.63, 3.8) is 0 Å². The van der Waals surface area contributed by atoms with E-state index in [-0.39, 0.29) is 11.2 Å². The minimum absolute atomic E-state index is 0.253. The Morgan fingerprint density at radius 3 is 2.65 bits per heavy atom. The summed E-state index contributed by atoms with van der Waals surface area (Å²) in [6.07, 6.45) is 0. The number of aromatic nitrogens is 1. The van der Waals surface area contributed by atoms with Gasteiger partial charge in [0.1, 0.15) is 10.8 Å². The molecule has 3 aromatic rings. The van der Waals surface area contributed by atoms with Crippen LogP contribution < -0.4 is 5.73 Å². The molecule has 4 heteroatoms. The van der Waals surface area contributed by atoms with Crippen LogP contribution in [0.3, 0.4) is 0 Å². The lowest BCUT2D eigenvalue weighted by Crippen LogP contribution is -2.19. The maximum atomic E-state index is 10.1. The summed E-state index contributed by atoms with van der Waals surface area (Å²) in [7, 11) is 0. The third-order valence-electron chi connectivity index (χ3n) is 3.52. The van der Waals surface area contributed by atoms with Gasteiger partial charge in [-0.15, -0.1) is 11.3 Å². The number of para-hydroxylation sites is 1. The summed E-state index contributed by atoms with van der Waals surface area (Å²) in [4.78, 5) is 4.70. The summed E-state index contributed by atoms with van der Waals surface area (Å²) < 4.78 is 1.15. The average molecular weight is 284 g/mol. The molecule has 0 fully saturated rings. The van der Waals surface area contributed by atoms with Gasteiger partial charge in [-0.25, -0.2) is 4.98 Å². The Kier molecular flexibility index (Phi) is 2.91. The van der Waals surface area contributed by atoms with E-state index in [1.807, 2.05) is 24.3 Å². The first-order valence-corrected chi connectivity index (χ1v) is 7.25. The fourth-order valence-electron chi connectivity index (χ4n) is 2.31. The van der Waals surface area contributed by atoms with Gasteiger partial charge in [0, 0.05) is 16.7 Å². The van der Waals surface area contributed by atoms with Gasteiger partial charge in [-0.05, 0) is 44.2 Å². The van der Waals surface area contributed by atoms with Crippen LogP contribution in [-0.4, -0.2) is 10.1 Å². The number of phenolic OH excluding ortho intramolecular Hbond substituents is 1. The zero-order valence-corrected chi connectivity index (χ0v) is 12.2. The highest BCUT2D eigenvalue weighted by molar-refractivity contribution is 7.18. The molecule has 102 valence electrons. The standard InChI is InChI=1S/C16H16N2OS/c1-16(2,11-9-10(17)7-8-13(11)19)15-18-12-5-3-4-6-14(12)20-15/h3-9,19H,17H2,1-2H3. The Morgan fingerprint density at radius 1 is 1.15 bits per heavy atom. The van der Waals surface area contributed by atoms with Gasteiger partial charge in [-0.2, -0.15) is 0 Å². The molecule has 1 heterocycles. The number of benzene rings is 2. The topological polar surface area (TPSA) is 59.1 Å². The number of thiazole rings is 1. The van der Waals surface area contributed by atoms with Gasteiger partial charge in [0.2, 0.25) is 0 Å². The van der Waals surface area contributed by atoms with Crippen molar-refractivity contribution in [3.05, 3.63) is 53.0 Å². The normalized spacial score (nSPS) is 11.9. The van der Waals surface area contributed by atoms with E-state index in [4.69, 9.17) is 10.7 Å². The number of hydrogen-bond acceptors (Lipinski definition) is 4. The van der Waals surface area contributed by atoms with Crippen LogP contribution >= 0.6 is 11.3 Å². The van der Waals surface area contributed by atoms with Crippen LogP contribution in [0.2, 0.25) is 0 Å². The largest absolute Gasteiger partial charge is 0.508 e. The molecule has 0 radical (unpaired) electrons. The van der Waals surface area contributed by atoms with Crippen molar-refractivity contribution in [3.8, 4) is 5.75 Å². The van der Waals surface area contributed by atoms with Crippen molar-refractivity contribution in [2.45, 2.75) is 19.3 Å². The predicted octanol–water partition coefficient (Wildman–Crippen LogP) is 3.91. The van der Waals surface area contributed by atoms with E-state index in [0.29, 0.717) is 5.69 Å². The van der Waals surface area contributed by atoms with Crippen LogP contribution in [-0.2, 0) is 5.41 Å². The fraction of sp³-hybridized carbons (Fsp3) is 0.188. The summed E-state index contributed by atoms with van der Waals surface area (Å²) in [5, 5.41) is 11.1. The number of nitrogens with two attached hydrogens (primary N) is 1. The summed E-state index contributed by atoms with van der Waals surface area (Å²) in [5.41, 5.74) is 7.90. The molecule has 0 aliphatic rings. The van der Waals surface area contributed by atoms with Crippen LogP contribution in [0.25, 0.3) is 10.2 Å². The molecular formula is C16H16N2OS. The molecule has 2 aromatic carbocycles. The number of nitrogens with zero attached hydrogens (tertiary/aromatic N) is 1. The number of nitrogen functional groups attached to an aromatic ring is 1. The van der Waals surface area contributed by atoms with E-state index < -0.39 is 0 Å². The van der Waals surface area contributed by atoms with Crippen molar-refractivity contribution in [1.29, 1.82) is 0 Å². The Labute approximate surface area is 121 Å². The summed E-state index contributed by atoms with van der Waals surface area (Å²) >= 11 is 1.65. The van der Waals surface area contributed by atoms with Gasteiger partial charge < -0.3 is 10.8 Å². The Hall–Kier alpha value is -2.07. The second-order valence-corrected chi connectivity index (χ2v) is 6.42. The van der Waals surface area contributed by atoms with E-state index >= 15 is 0 Å². The highest BCUT2D eigenvalue weighted by Crippen LogP contribution is 2.40.